The maximum absolute atomic E-state index is 10.6. The van der Waals surface area contributed by atoms with Crippen molar-refractivity contribution in [1.82, 2.24) is 4.98 Å². The lowest BCUT2D eigenvalue weighted by Crippen LogP contribution is -2.04. The maximum Gasteiger partial charge on any atom is 0.107 e. The van der Waals surface area contributed by atoms with Gasteiger partial charge in [-0.1, -0.05) is 36.4 Å². The van der Waals surface area contributed by atoms with Gasteiger partial charge in [-0.05, 0) is 23.1 Å². The predicted molar refractivity (Wildman–Crippen MR) is 76.7 cm³/mol. The molecule has 0 spiro atoms. The molecule has 0 fully saturated rings. The summed E-state index contributed by atoms with van der Waals surface area (Å²) in [5, 5.41) is 12.6. The van der Waals surface area contributed by atoms with Crippen LogP contribution >= 0.6 is 0 Å². The van der Waals surface area contributed by atoms with E-state index in [9.17, 15) is 5.11 Å². The van der Waals surface area contributed by atoms with Crippen LogP contribution in [0, 0.1) is 0 Å². The minimum absolute atomic E-state index is 0.593. The fourth-order valence-electron chi connectivity index (χ4n) is 2.30. The lowest BCUT2D eigenvalue weighted by Gasteiger charge is -2.15. The molecule has 1 atom stereocenters. The molecule has 0 aliphatic rings. The van der Waals surface area contributed by atoms with E-state index in [4.69, 9.17) is 5.73 Å². The van der Waals surface area contributed by atoms with Gasteiger partial charge in [0, 0.05) is 29.0 Å². The van der Waals surface area contributed by atoms with Crippen LogP contribution in [0.5, 0.6) is 0 Å². The number of nitrogens with two attached hydrogens (primary N) is 1. The first-order chi connectivity index (χ1) is 9.27. The van der Waals surface area contributed by atoms with E-state index in [2.05, 4.69) is 4.98 Å². The van der Waals surface area contributed by atoms with E-state index < -0.39 is 6.10 Å². The molecule has 94 valence electrons. The number of nitrogen functional groups attached to an aromatic ring is 1. The van der Waals surface area contributed by atoms with E-state index in [0.29, 0.717) is 5.69 Å². The molecule has 3 aromatic rings. The number of benzene rings is 2. The molecule has 0 aliphatic heterocycles. The number of anilines is 1. The molecule has 3 rings (SSSR count). The van der Waals surface area contributed by atoms with Gasteiger partial charge >= 0.3 is 0 Å². The van der Waals surface area contributed by atoms with Crippen LogP contribution in [-0.4, -0.2) is 10.1 Å². The van der Waals surface area contributed by atoms with E-state index in [1.807, 2.05) is 42.5 Å². The van der Waals surface area contributed by atoms with Crippen LogP contribution < -0.4 is 5.73 Å². The summed E-state index contributed by atoms with van der Waals surface area (Å²) in [5.41, 5.74) is 8.06. The zero-order chi connectivity index (χ0) is 13.2. The number of nitrogens with zero attached hydrogens (tertiary/aromatic N) is 1. The molecule has 2 aromatic carbocycles. The van der Waals surface area contributed by atoms with E-state index in [-0.39, 0.29) is 0 Å². The zero-order valence-corrected chi connectivity index (χ0v) is 10.3. The Bertz CT molecular complexity index is 719. The average Bonchev–Trinajstić information content (AvgIpc) is 2.46. The molecule has 3 N–H and O–H groups in total. The molecule has 0 bridgehead atoms. The number of para-hydroxylation sites is 1. The highest BCUT2D eigenvalue weighted by atomic mass is 16.3. The molecule has 0 aliphatic carbocycles. The number of aliphatic hydroxyl groups is 1. The Hall–Kier alpha value is -2.39. The Morgan fingerprint density at radius 2 is 1.74 bits per heavy atom. The molecule has 0 saturated heterocycles. The van der Waals surface area contributed by atoms with Crippen molar-refractivity contribution >= 4 is 16.5 Å². The first-order valence-corrected chi connectivity index (χ1v) is 6.12. The summed E-state index contributed by atoms with van der Waals surface area (Å²) in [6, 6.07) is 15.1. The Morgan fingerprint density at radius 1 is 0.947 bits per heavy atom. The Morgan fingerprint density at radius 3 is 2.58 bits per heavy atom. The van der Waals surface area contributed by atoms with Gasteiger partial charge in [0.2, 0.25) is 0 Å². The first-order valence-electron chi connectivity index (χ1n) is 6.12. The highest BCUT2D eigenvalue weighted by Crippen LogP contribution is 2.30. The van der Waals surface area contributed by atoms with Gasteiger partial charge in [0.1, 0.15) is 6.10 Å². The second-order valence-corrected chi connectivity index (χ2v) is 4.48. The van der Waals surface area contributed by atoms with Crippen LogP contribution in [0.15, 0.2) is 60.9 Å². The number of hydrogen-bond donors (Lipinski definition) is 2. The van der Waals surface area contributed by atoms with Crippen molar-refractivity contribution in [2.45, 2.75) is 6.10 Å². The molecule has 3 heteroatoms. The summed E-state index contributed by atoms with van der Waals surface area (Å²) in [6.45, 7) is 0. The van der Waals surface area contributed by atoms with Crippen LogP contribution in [0.25, 0.3) is 10.8 Å². The third-order valence-electron chi connectivity index (χ3n) is 3.30. The van der Waals surface area contributed by atoms with E-state index in [0.717, 1.165) is 21.9 Å². The number of hydrogen-bond acceptors (Lipinski definition) is 3. The predicted octanol–water partition coefficient (Wildman–Crippen LogP) is 2.90. The molecule has 1 unspecified atom stereocenters. The van der Waals surface area contributed by atoms with Gasteiger partial charge in [-0.3, -0.25) is 4.98 Å². The van der Waals surface area contributed by atoms with Crippen molar-refractivity contribution in [3.05, 3.63) is 72.1 Å². The topological polar surface area (TPSA) is 59.1 Å². The number of rotatable bonds is 2. The third-order valence-corrected chi connectivity index (χ3v) is 3.30. The van der Waals surface area contributed by atoms with Crippen molar-refractivity contribution in [1.29, 1.82) is 0 Å². The normalized spacial score (nSPS) is 12.5. The maximum atomic E-state index is 10.6. The van der Waals surface area contributed by atoms with Gasteiger partial charge in [-0.15, -0.1) is 0 Å². The largest absolute Gasteiger partial charge is 0.398 e. The van der Waals surface area contributed by atoms with Crippen molar-refractivity contribution in [2.24, 2.45) is 0 Å². The second-order valence-electron chi connectivity index (χ2n) is 4.48. The van der Waals surface area contributed by atoms with Gasteiger partial charge in [0.25, 0.3) is 0 Å². The van der Waals surface area contributed by atoms with Gasteiger partial charge in [-0.25, -0.2) is 0 Å². The molecule has 1 aromatic heterocycles. The monoisotopic (exact) mass is 250 g/mol. The molecule has 0 saturated carbocycles. The van der Waals surface area contributed by atoms with Gasteiger partial charge in [0.05, 0.1) is 0 Å². The quantitative estimate of drug-likeness (QED) is 0.687. The van der Waals surface area contributed by atoms with Crippen LogP contribution in [0.3, 0.4) is 0 Å². The standard InChI is InChI=1S/C16H14N2O/c17-15-7-2-1-5-13(15)16(19)12-6-3-4-11-8-9-18-10-14(11)12/h1-10,16,19H,17H2. The van der Waals surface area contributed by atoms with Gasteiger partial charge < -0.3 is 10.8 Å². The van der Waals surface area contributed by atoms with Crippen molar-refractivity contribution < 1.29 is 5.11 Å². The fraction of sp³-hybridized carbons (Fsp3) is 0.0625. The van der Waals surface area contributed by atoms with Gasteiger partial charge in [0.15, 0.2) is 0 Å². The molecule has 3 nitrogen and oxygen atoms in total. The number of aromatic nitrogens is 1. The summed E-state index contributed by atoms with van der Waals surface area (Å²) >= 11 is 0. The average molecular weight is 250 g/mol. The van der Waals surface area contributed by atoms with E-state index in [1.165, 1.54) is 0 Å². The van der Waals surface area contributed by atoms with Crippen LogP contribution in [-0.2, 0) is 0 Å². The molecular weight excluding hydrogens is 236 g/mol. The van der Waals surface area contributed by atoms with Crippen molar-refractivity contribution in [2.75, 3.05) is 5.73 Å². The highest BCUT2D eigenvalue weighted by Gasteiger charge is 2.15. The Labute approximate surface area is 111 Å². The van der Waals surface area contributed by atoms with E-state index >= 15 is 0 Å². The summed E-state index contributed by atoms with van der Waals surface area (Å²) in [4.78, 5) is 4.13. The second kappa shape index (κ2) is 4.71. The highest BCUT2D eigenvalue weighted by molar-refractivity contribution is 5.85. The lowest BCUT2D eigenvalue weighted by molar-refractivity contribution is 0.222. The van der Waals surface area contributed by atoms with E-state index in [1.54, 1.807) is 18.5 Å². The molecule has 1 heterocycles. The lowest BCUT2D eigenvalue weighted by atomic mass is 9.96. The summed E-state index contributed by atoms with van der Waals surface area (Å²) < 4.78 is 0. The smallest absolute Gasteiger partial charge is 0.107 e. The number of fused-ring (bicyclic) bond motifs is 1. The molecule has 0 radical (unpaired) electrons. The van der Waals surface area contributed by atoms with Crippen LogP contribution in [0.2, 0.25) is 0 Å². The summed E-state index contributed by atoms with van der Waals surface area (Å²) in [7, 11) is 0. The summed E-state index contributed by atoms with van der Waals surface area (Å²) in [5.74, 6) is 0. The first kappa shape index (κ1) is 11.7. The van der Waals surface area contributed by atoms with Crippen molar-refractivity contribution in [3.8, 4) is 0 Å². The molecule has 0 amide bonds. The van der Waals surface area contributed by atoms with Crippen LogP contribution in [0.4, 0.5) is 5.69 Å². The van der Waals surface area contributed by atoms with Crippen LogP contribution in [0.1, 0.15) is 17.2 Å². The minimum atomic E-state index is -0.742. The summed E-state index contributed by atoms with van der Waals surface area (Å²) in [6.07, 6.45) is 2.77. The Kier molecular flexibility index (Phi) is 2.89. The number of pyridine rings is 1. The minimum Gasteiger partial charge on any atom is -0.398 e. The Balaban J connectivity index is 2.17. The molecular formula is C16H14N2O. The zero-order valence-electron chi connectivity index (χ0n) is 10.3. The number of aliphatic hydroxyl groups excluding tert-OH is 1. The third kappa shape index (κ3) is 2.04. The van der Waals surface area contributed by atoms with Gasteiger partial charge in [-0.2, -0.15) is 0 Å². The SMILES string of the molecule is Nc1ccccc1C(O)c1cccc2ccncc12. The fourth-order valence-corrected chi connectivity index (χ4v) is 2.30. The van der Waals surface area contributed by atoms with Crippen molar-refractivity contribution in [3.63, 3.8) is 0 Å². The molecule has 19 heavy (non-hydrogen) atoms.